The molecule has 0 saturated carbocycles. The molecule has 0 spiro atoms. The number of nitrogens with one attached hydrogen (secondary N) is 1. The van der Waals surface area contributed by atoms with E-state index in [1.165, 1.54) is 11.1 Å². The van der Waals surface area contributed by atoms with Gasteiger partial charge in [0, 0.05) is 31.2 Å². The third kappa shape index (κ3) is 3.20. The average Bonchev–Trinajstić information content (AvgIpc) is 3.31. The molecule has 0 unspecified atom stereocenters. The number of β-amino-alcohol motifs (C(OH)–C–C–N with tert-alkyl or cyclic N) is 1. The molecule has 1 aliphatic heterocycles. The van der Waals surface area contributed by atoms with E-state index in [-0.39, 0.29) is 0 Å². The molecule has 1 fully saturated rings. The van der Waals surface area contributed by atoms with E-state index in [4.69, 9.17) is 0 Å². The molecule has 3 heterocycles. The number of hydrogen-bond acceptors (Lipinski definition) is 5. The maximum absolute atomic E-state index is 10.9. The summed E-state index contributed by atoms with van der Waals surface area (Å²) >= 11 is 0. The quantitative estimate of drug-likeness (QED) is 0.758. The van der Waals surface area contributed by atoms with E-state index < -0.39 is 5.60 Å². The maximum atomic E-state index is 10.9. The van der Waals surface area contributed by atoms with Crippen molar-refractivity contribution < 1.29 is 5.11 Å². The molecule has 1 aliphatic rings. The number of imidazole rings is 1. The molecule has 3 aromatic rings. The van der Waals surface area contributed by atoms with E-state index >= 15 is 0 Å². The van der Waals surface area contributed by atoms with Crippen molar-refractivity contribution in [2.45, 2.75) is 31.9 Å². The molecule has 0 radical (unpaired) electrons. The molecular formula is C18H22N6O. The van der Waals surface area contributed by atoms with Crippen molar-refractivity contribution in [3.8, 4) is 5.69 Å². The second-order valence-electron chi connectivity index (χ2n) is 6.78. The average molecular weight is 338 g/mol. The summed E-state index contributed by atoms with van der Waals surface area (Å²) in [6, 6.07) is 6.44. The zero-order chi connectivity index (χ0) is 17.3. The lowest BCUT2D eigenvalue weighted by Gasteiger charge is -2.38. The number of rotatable bonds is 4. The summed E-state index contributed by atoms with van der Waals surface area (Å²) < 4.78 is 2.00. The van der Waals surface area contributed by atoms with Crippen molar-refractivity contribution in [3.63, 3.8) is 0 Å². The van der Waals surface area contributed by atoms with Gasteiger partial charge in [-0.25, -0.2) is 4.98 Å². The van der Waals surface area contributed by atoms with Crippen molar-refractivity contribution >= 4 is 0 Å². The topological polar surface area (TPSA) is 82.9 Å². The number of nitrogens with zero attached hydrogens (tertiary/aromatic N) is 5. The van der Waals surface area contributed by atoms with Crippen LogP contribution in [-0.4, -0.2) is 48.1 Å². The summed E-state index contributed by atoms with van der Waals surface area (Å²) in [5.74, 6) is 0. The first-order chi connectivity index (χ1) is 12.1. The summed E-state index contributed by atoms with van der Waals surface area (Å²) in [5, 5.41) is 21.5. The van der Waals surface area contributed by atoms with Crippen molar-refractivity contribution in [1.82, 2.24) is 29.9 Å². The Hall–Kier alpha value is -2.51. The summed E-state index contributed by atoms with van der Waals surface area (Å²) in [5.41, 5.74) is 3.33. The summed E-state index contributed by atoms with van der Waals surface area (Å²) in [6.45, 7) is 4.49. The minimum atomic E-state index is -0.921. The fourth-order valence-electron chi connectivity index (χ4n) is 3.56. The Morgan fingerprint density at radius 1 is 1.36 bits per heavy atom. The fourth-order valence-corrected chi connectivity index (χ4v) is 3.56. The normalized spacial score (nSPS) is 21.5. The van der Waals surface area contributed by atoms with Crippen LogP contribution in [0.5, 0.6) is 0 Å². The van der Waals surface area contributed by atoms with Crippen LogP contribution in [0.4, 0.5) is 0 Å². The number of hydrogen-bond donors (Lipinski definition) is 2. The highest BCUT2D eigenvalue weighted by Gasteiger charge is 2.37. The van der Waals surface area contributed by atoms with Gasteiger partial charge in [0.15, 0.2) is 0 Å². The summed E-state index contributed by atoms with van der Waals surface area (Å²) in [7, 11) is 0. The van der Waals surface area contributed by atoms with Gasteiger partial charge in [0.2, 0.25) is 0 Å². The van der Waals surface area contributed by atoms with Crippen LogP contribution in [-0.2, 0) is 12.1 Å². The Morgan fingerprint density at radius 3 is 3.00 bits per heavy atom. The predicted octanol–water partition coefficient (Wildman–Crippen LogP) is 1.78. The van der Waals surface area contributed by atoms with Gasteiger partial charge in [-0.1, -0.05) is 6.07 Å². The first-order valence-electron chi connectivity index (χ1n) is 8.53. The Bertz CT molecular complexity index is 829. The molecule has 2 N–H and O–H groups in total. The van der Waals surface area contributed by atoms with Gasteiger partial charge in [-0.3, -0.25) is 4.90 Å². The Kier molecular flexibility index (Phi) is 4.10. The first-order valence-corrected chi connectivity index (χ1v) is 8.53. The highest BCUT2D eigenvalue weighted by molar-refractivity contribution is 5.40. The van der Waals surface area contributed by atoms with Gasteiger partial charge < -0.3 is 9.67 Å². The van der Waals surface area contributed by atoms with E-state index in [1.807, 2.05) is 10.8 Å². The molecule has 25 heavy (non-hydrogen) atoms. The number of aliphatic hydroxyl groups is 1. The molecule has 1 aromatic carbocycles. The lowest BCUT2D eigenvalue weighted by atomic mass is 9.89. The number of likely N-dealkylation sites (tertiary alicyclic amines) is 1. The molecule has 130 valence electrons. The van der Waals surface area contributed by atoms with Crippen LogP contribution in [0.25, 0.3) is 5.69 Å². The van der Waals surface area contributed by atoms with Crippen LogP contribution in [0.15, 0.2) is 43.1 Å². The van der Waals surface area contributed by atoms with Crippen LogP contribution < -0.4 is 0 Å². The standard InChI is InChI=1S/C18H22N6O/c1-14-9-16(24-8-6-19-13-24)4-3-15(14)11-23-7-2-5-18(25,12-23)17-10-20-22-21-17/h3-4,6,8-10,13,25H,2,5,7,11-12H2,1H3,(H,20,21,22)/t18-/m1/s1. The Balaban J connectivity index is 1.50. The molecule has 0 bridgehead atoms. The lowest BCUT2D eigenvalue weighted by molar-refractivity contribution is -0.0414. The molecule has 1 atom stereocenters. The zero-order valence-electron chi connectivity index (χ0n) is 14.3. The van der Waals surface area contributed by atoms with Crippen LogP contribution in [0.2, 0.25) is 0 Å². The van der Waals surface area contributed by atoms with Gasteiger partial charge >= 0.3 is 0 Å². The van der Waals surface area contributed by atoms with E-state index in [0.717, 1.165) is 25.2 Å². The molecular weight excluding hydrogens is 316 g/mol. The van der Waals surface area contributed by atoms with Crippen LogP contribution in [0.3, 0.4) is 0 Å². The largest absolute Gasteiger partial charge is 0.382 e. The Morgan fingerprint density at radius 2 is 2.28 bits per heavy atom. The molecule has 7 heteroatoms. The highest BCUT2D eigenvalue weighted by atomic mass is 16.3. The second-order valence-corrected chi connectivity index (χ2v) is 6.78. The number of aromatic nitrogens is 5. The second kappa shape index (κ2) is 6.42. The van der Waals surface area contributed by atoms with E-state index in [1.54, 1.807) is 18.7 Å². The molecule has 7 nitrogen and oxygen atoms in total. The van der Waals surface area contributed by atoms with Gasteiger partial charge in [-0.15, -0.1) is 0 Å². The minimum absolute atomic E-state index is 0.572. The summed E-state index contributed by atoms with van der Waals surface area (Å²) in [6.07, 6.45) is 8.80. The third-order valence-electron chi connectivity index (χ3n) is 4.96. The smallest absolute Gasteiger partial charge is 0.123 e. The Labute approximate surface area is 146 Å². The minimum Gasteiger partial charge on any atom is -0.382 e. The molecule has 4 rings (SSSR count). The highest BCUT2D eigenvalue weighted by Crippen LogP contribution is 2.30. The SMILES string of the molecule is Cc1cc(-n2ccnc2)ccc1CN1CCC[C@](O)(c2cn[nH]n2)C1. The number of benzene rings is 1. The third-order valence-corrected chi connectivity index (χ3v) is 4.96. The predicted molar refractivity (Wildman–Crippen MR) is 93.1 cm³/mol. The summed E-state index contributed by atoms with van der Waals surface area (Å²) in [4.78, 5) is 6.39. The zero-order valence-corrected chi connectivity index (χ0v) is 14.3. The van der Waals surface area contributed by atoms with E-state index in [2.05, 4.69) is 50.4 Å². The maximum Gasteiger partial charge on any atom is 0.123 e. The molecule has 0 amide bonds. The van der Waals surface area contributed by atoms with Crippen LogP contribution >= 0.6 is 0 Å². The van der Waals surface area contributed by atoms with Crippen molar-refractivity contribution in [2.24, 2.45) is 0 Å². The van der Waals surface area contributed by atoms with Crippen molar-refractivity contribution in [3.05, 3.63) is 59.9 Å². The van der Waals surface area contributed by atoms with E-state index in [0.29, 0.717) is 18.7 Å². The van der Waals surface area contributed by atoms with Crippen LogP contribution in [0, 0.1) is 6.92 Å². The molecule has 1 saturated heterocycles. The van der Waals surface area contributed by atoms with Gasteiger partial charge in [0.25, 0.3) is 0 Å². The first kappa shape index (κ1) is 16.0. The number of H-pyrrole nitrogens is 1. The van der Waals surface area contributed by atoms with Gasteiger partial charge in [-0.05, 0) is 49.6 Å². The van der Waals surface area contributed by atoms with Crippen molar-refractivity contribution in [2.75, 3.05) is 13.1 Å². The number of piperidine rings is 1. The lowest BCUT2D eigenvalue weighted by Crippen LogP contribution is -2.46. The van der Waals surface area contributed by atoms with Gasteiger partial charge in [-0.2, -0.15) is 15.4 Å². The van der Waals surface area contributed by atoms with Crippen LogP contribution in [0.1, 0.15) is 29.7 Å². The molecule has 0 aliphatic carbocycles. The van der Waals surface area contributed by atoms with Crippen molar-refractivity contribution in [1.29, 1.82) is 0 Å². The molecule has 2 aromatic heterocycles. The fraction of sp³-hybridized carbons (Fsp3) is 0.389. The monoisotopic (exact) mass is 338 g/mol. The number of aromatic amines is 1. The van der Waals surface area contributed by atoms with Gasteiger partial charge in [0.1, 0.15) is 11.3 Å². The van der Waals surface area contributed by atoms with Gasteiger partial charge in [0.05, 0.1) is 12.5 Å². The van der Waals surface area contributed by atoms with E-state index in [9.17, 15) is 5.11 Å². The number of aryl methyl sites for hydroxylation is 1.